The fourth-order valence-electron chi connectivity index (χ4n) is 0.899. The van der Waals surface area contributed by atoms with Crippen molar-refractivity contribution in [1.82, 2.24) is 0 Å². The molecular weight excluding hydrogens is 292 g/mol. The van der Waals surface area contributed by atoms with Crippen molar-refractivity contribution in [2.75, 3.05) is 5.73 Å². The van der Waals surface area contributed by atoms with E-state index in [9.17, 15) is 16.8 Å². The molecule has 0 amide bonds. The summed E-state index contributed by atoms with van der Waals surface area (Å²) in [6.07, 6.45) is 0. The van der Waals surface area contributed by atoms with E-state index >= 15 is 0 Å². The van der Waals surface area contributed by atoms with Gasteiger partial charge in [0.05, 0.1) is 10.6 Å². The van der Waals surface area contributed by atoms with Crippen LogP contribution in [0.25, 0.3) is 0 Å². The first-order valence-electron chi connectivity index (χ1n) is 3.47. The fourth-order valence-corrected chi connectivity index (χ4v) is 2.12. The van der Waals surface area contributed by atoms with Crippen LogP contribution in [0.5, 0.6) is 0 Å². The SMILES string of the molecule is Nc1ccc(S(=O)(=O)O)cc1S(=O)(=O)O.[Na].[Na]. The minimum absolute atomic E-state index is 0. The van der Waals surface area contributed by atoms with Crippen LogP contribution in [-0.2, 0) is 20.2 Å². The second kappa shape index (κ2) is 6.85. The molecule has 0 heterocycles. The second-order valence-electron chi connectivity index (χ2n) is 2.65. The number of anilines is 1. The van der Waals surface area contributed by atoms with Gasteiger partial charge in [0, 0.05) is 59.1 Å². The van der Waals surface area contributed by atoms with Crippen molar-refractivity contribution in [3.05, 3.63) is 18.2 Å². The van der Waals surface area contributed by atoms with Crippen LogP contribution in [0, 0.1) is 0 Å². The molecule has 0 aromatic heterocycles. The van der Waals surface area contributed by atoms with Gasteiger partial charge >= 0.3 is 0 Å². The molecule has 0 saturated carbocycles. The van der Waals surface area contributed by atoms with Crippen LogP contribution in [0.15, 0.2) is 28.0 Å². The Labute approximate surface area is 143 Å². The van der Waals surface area contributed by atoms with E-state index in [0.29, 0.717) is 6.07 Å². The minimum atomic E-state index is -4.62. The summed E-state index contributed by atoms with van der Waals surface area (Å²) in [5.41, 5.74) is 4.89. The molecule has 0 aliphatic heterocycles. The first-order chi connectivity index (χ1) is 6.62. The monoisotopic (exact) mass is 299 g/mol. The van der Waals surface area contributed by atoms with Gasteiger partial charge in [0.15, 0.2) is 0 Å². The van der Waals surface area contributed by atoms with Crippen molar-refractivity contribution in [2.24, 2.45) is 0 Å². The van der Waals surface area contributed by atoms with E-state index in [1.54, 1.807) is 0 Å². The largest absolute Gasteiger partial charge is 0.398 e. The van der Waals surface area contributed by atoms with Gasteiger partial charge in [-0.25, -0.2) is 0 Å². The summed E-state index contributed by atoms with van der Waals surface area (Å²) in [7, 11) is -9.15. The maximum atomic E-state index is 10.7. The Morgan fingerprint density at radius 3 is 1.76 bits per heavy atom. The topological polar surface area (TPSA) is 135 Å². The Morgan fingerprint density at radius 1 is 0.941 bits per heavy atom. The minimum Gasteiger partial charge on any atom is -0.398 e. The predicted molar refractivity (Wildman–Crippen MR) is 62.0 cm³/mol. The molecule has 1 aromatic rings. The molecule has 0 atom stereocenters. The zero-order valence-corrected chi connectivity index (χ0v) is 14.8. The number of hydrogen-bond donors (Lipinski definition) is 3. The van der Waals surface area contributed by atoms with E-state index in [-0.39, 0.29) is 64.8 Å². The Bertz CT molecular complexity index is 597. The van der Waals surface area contributed by atoms with Gasteiger partial charge in [0.2, 0.25) is 0 Å². The van der Waals surface area contributed by atoms with E-state index in [0.717, 1.165) is 12.1 Å². The molecular formula is C6H7NNa2O6S2. The van der Waals surface area contributed by atoms with Crippen LogP contribution in [0.3, 0.4) is 0 Å². The summed E-state index contributed by atoms with van der Waals surface area (Å²) in [6, 6.07) is 2.44. The van der Waals surface area contributed by atoms with Crippen LogP contribution >= 0.6 is 0 Å². The molecule has 11 heteroatoms. The summed E-state index contributed by atoms with van der Waals surface area (Å²) in [5.74, 6) is 0. The van der Waals surface area contributed by atoms with Crippen LogP contribution in [0.4, 0.5) is 5.69 Å². The van der Waals surface area contributed by atoms with Gasteiger partial charge in [0.1, 0.15) is 4.90 Å². The number of rotatable bonds is 2. The van der Waals surface area contributed by atoms with Crippen molar-refractivity contribution in [3.8, 4) is 0 Å². The molecule has 0 aliphatic carbocycles. The van der Waals surface area contributed by atoms with Gasteiger partial charge in [-0.2, -0.15) is 16.8 Å². The third kappa shape index (κ3) is 5.55. The molecule has 0 unspecified atom stereocenters. The molecule has 0 aliphatic rings. The van der Waals surface area contributed by atoms with E-state index in [4.69, 9.17) is 14.8 Å². The van der Waals surface area contributed by atoms with E-state index in [1.807, 2.05) is 0 Å². The van der Waals surface area contributed by atoms with Crippen molar-refractivity contribution in [2.45, 2.75) is 9.79 Å². The molecule has 86 valence electrons. The maximum absolute atomic E-state index is 10.7. The Balaban J connectivity index is 0. The molecule has 0 spiro atoms. The van der Waals surface area contributed by atoms with Crippen LogP contribution in [0.2, 0.25) is 0 Å². The molecule has 1 aromatic carbocycles. The molecule has 2 radical (unpaired) electrons. The van der Waals surface area contributed by atoms with Gasteiger partial charge < -0.3 is 5.73 Å². The number of nitrogens with two attached hydrogens (primary N) is 1. The molecule has 1 rings (SSSR count). The number of benzene rings is 1. The first kappa shape index (κ1) is 20.2. The summed E-state index contributed by atoms with van der Waals surface area (Å²) >= 11 is 0. The van der Waals surface area contributed by atoms with Crippen molar-refractivity contribution in [3.63, 3.8) is 0 Å². The Kier molecular flexibility index (Phi) is 8.12. The van der Waals surface area contributed by atoms with E-state index < -0.39 is 30.0 Å². The van der Waals surface area contributed by atoms with Crippen LogP contribution in [0.1, 0.15) is 0 Å². The summed E-state index contributed by atoms with van der Waals surface area (Å²) in [5, 5.41) is 0. The van der Waals surface area contributed by atoms with Gasteiger partial charge in [-0.3, -0.25) is 9.11 Å². The average Bonchev–Trinajstić information content (AvgIpc) is 2.00. The molecule has 0 saturated heterocycles. The van der Waals surface area contributed by atoms with Gasteiger partial charge in [0.25, 0.3) is 20.2 Å². The second-order valence-corrected chi connectivity index (χ2v) is 5.46. The number of nitrogen functional groups attached to an aromatic ring is 1. The van der Waals surface area contributed by atoms with Crippen molar-refractivity contribution in [1.29, 1.82) is 0 Å². The van der Waals surface area contributed by atoms with Crippen LogP contribution < -0.4 is 5.73 Å². The fraction of sp³-hybridized carbons (Fsp3) is 0. The average molecular weight is 299 g/mol. The predicted octanol–water partition coefficient (Wildman–Crippen LogP) is -0.999. The van der Waals surface area contributed by atoms with Crippen molar-refractivity contribution < 1.29 is 25.9 Å². The zero-order valence-electron chi connectivity index (χ0n) is 9.15. The molecule has 0 bridgehead atoms. The standard InChI is InChI=1S/C6H7NO6S2.2Na/c7-5-2-1-4(14(8,9)10)3-6(5)15(11,12)13;;/h1-3H,7H2,(H,8,9,10)(H,11,12,13);;. The zero-order chi connectivity index (χ0) is 11.9. The first-order valence-corrected chi connectivity index (χ1v) is 6.35. The Hall–Kier alpha value is 0.840. The normalized spacial score (nSPS) is 11.2. The van der Waals surface area contributed by atoms with Crippen molar-refractivity contribution >= 4 is 85.0 Å². The molecule has 4 N–H and O–H groups in total. The summed E-state index contributed by atoms with van der Waals surface area (Å²) in [6.45, 7) is 0. The summed E-state index contributed by atoms with van der Waals surface area (Å²) in [4.78, 5) is -1.43. The molecule has 17 heavy (non-hydrogen) atoms. The van der Waals surface area contributed by atoms with Crippen LogP contribution in [-0.4, -0.2) is 85.1 Å². The number of hydrogen-bond acceptors (Lipinski definition) is 5. The molecule has 7 nitrogen and oxygen atoms in total. The van der Waals surface area contributed by atoms with Gasteiger partial charge in [-0.15, -0.1) is 0 Å². The van der Waals surface area contributed by atoms with E-state index in [1.165, 1.54) is 0 Å². The molecule has 0 fully saturated rings. The Morgan fingerprint density at radius 2 is 1.41 bits per heavy atom. The third-order valence-corrected chi connectivity index (χ3v) is 3.32. The summed E-state index contributed by atoms with van der Waals surface area (Å²) < 4.78 is 60.1. The van der Waals surface area contributed by atoms with Gasteiger partial charge in [-0.05, 0) is 18.2 Å². The van der Waals surface area contributed by atoms with E-state index in [2.05, 4.69) is 0 Å². The quantitative estimate of drug-likeness (QED) is 0.362. The van der Waals surface area contributed by atoms with Gasteiger partial charge in [-0.1, -0.05) is 0 Å². The third-order valence-electron chi connectivity index (χ3n) is 1.56. The maximum Gasteiger partial charge on any atom is 0.296 e. The smallest absolute Gasteiger partial charge is 0.296 e.